The summed E-state index contributed by atoms with van der Waals surface area (Å²) in [4.78, 5) is 25.6. The number of amides is 2. The first kappa shape index (κ1) is 18.3. The molecule has 1 atom stereocenters. The molecule has 0 aromatic heterocycles. The minimum atomic E-state index is -0.354. The molecule has 2 rings (SSSR count). The molecule has 0 bridgehead atoms. The fourth-order valence-corrected chi connectivity index (χ4v) is 2.67. The lowest BCUT2D eigenvalue weighted by atomic mass is 10.2. The second kappa shape index (κ2) is 8.68. The molecule has 1 aromatic rings. The molecule has 1 aliphatic rings. The predicted molar refractivity (Wildman–Crippen MR) is 92.2 cm³/mol. The van der Waals surface area contributed by atoms with Gasteiger partial charge in [-0.15, -0.1) is 0 Å². The van der Waals surface area contributed by atoms with Crippen LogP contribution in [0.5, 0.6) is 5.75 Å². The van der Waals surface area contributed by atoms with Crippen molar-refractivity contribution >= 4 is 17.5 Å². The highest BCUT2D eigenvalue weighted by Crippen LogP contribution is 2.28. The van der Waals surface area contributed by atoms with E-state index < -0.39 is 0 Å². The van der Waals surface area contributed by atoms with Crippen molar-refractivity contribution in [2.24, 2.45) is 0 Å². The van der Waals surface area contributed by atoms with E-state index in [0.29, 0.717) is 31.1 Å². The van der Waals surface area contributed by atoms with E-state index in [1.165, 1.54) is 6.92 Å². The van der Waals surface area contributed by atoms with Gasteiger partial charge < -0.3 is 19.7 Å². The standard InChI is InChI=1S/C18H26N2O4/c1-13(2)24-16-8-5-4-7-15(16)20(14(3)21)11-10-19-18(22)17-9-6-12-23-17/h4-5,7-8,13,17H,6,9-12H2,1-3H3,(H,19,22). The zero-order valence-electron chi connectivity index (χ0n) is 14.6. The molecule has 1 saturated heterocycles. The summed E-state index contributed by atoms with van der Waals surface area (Å²) in [6.07, 6.45) is 1.33. The first-order chi connectivity index (χ1) is 11.5. The molecule has 1 N–H and O–H groups in total. The van der Waals surface area contributed by atoms with E-state index in [2.05, 4.69) is 5.32 Å². The number of rotatable bonds is 7. The monoisotopic (exact) mass is 334 g/mol. The van der Waals surface area contributed by atoms with Gasteiger partial charge >= 0.3 is 0 Å². The average Bonchev–Trinajstić information content (AvgIpc) is 3.06. The van der Waals surface area contributed by atoms with Crippen LogP contribution in [-0.4, -0.2) is 43.7 Å². The Hall–Kier alpha value is -2.08. The molecule has 6 heteroatoms. The molecule has 0 spiro atoms. The minimum absolute atomic E-state index is 0.0131. The topological polar surface area (TPSA) is 67.9 Å². The van der Waals surface area contributed by atoms with Gasteiger partial charge in [0.1, 0.15) is 11.9 Å². The molecule has 0 aliphatic carbocycles. The molecule has 1 aromatic carbocycles. The smallest absolute Gasteiger partial charge is 0.249 e. The highest BCUT2D eigenvalue weighted by Gasteiger charge is 2.23. The molecule has 1 fully saturated rings. The Morgan fingerprint density at radius 1 is 1.38 bits per heavy atom. The molecule has 0 saturated carbocycles. The summed E-state index contributed by atoms with van der Waals surface area (Å²) in [7, 11) is 0. The van der Waals surface area contributed by atoms with Crippen LogP contribution in [0.25, 0.3) is 0 Å². The maximum Gasteiger partial charge on any atom is 0.249 e. The van der Waals surface area contributed by atoms with E-state index in [4.69, 9.17) is 9.47 Å². The van der Waals surface area contributed by atoms with Crippen molar-refractivity contribution < 1.29 is 19.1 Å². The lowest BCUT2D eigenvalue weighted by molar-refractivity contribution is -0.130. The number of anilines is 1. The summed E-state index contributed by atoms with van der Waals surface area (Å²) < 4.78 is 11.1. The second-order valence-electron chi connectivity index (χ2n) is 6.10. The van der Waals surface area contributed by atoms with E-state index in [0.717, 1.165) is 12.8 Å². The molecule has 2 amide bonds. The van der Waals surface area contributed by atoms with Gasteiger partial charge in [0, 0.05) is 26.6 Å². The van der Waals surface area contributed by atoms with Gasteiger partial charge in [-0.05, 0) is 38.8 Å². The number of hydrogen-bond acceptors (Lipinski definition) is 4. The van der Waals surface area contributed by atoms with Crippen LogP contribution in [0.4, 0.5) is 5.69 Å². The van der Waals surface area contributed by atoms with E-state index in [-0.39, 0.29) is 24.0 Å². The van der Waals surface area contributed by atoms with Crippen molar-refractivity contribution in [2.45, 2.75) is 45.8 Å². The Bertz CT molecular complexity index is 568. The normalized spacial score (nSPS) is 16.9. The summed E-state index contributed by atoms with van der Waals surface area (Å²) >= 11 is 0. The minimum Gasteiger partial charge on any atom is -0.489 e. The van der Waals surface area contributed by atoms with Gasteiger partial charge in [-0.1, -0.05) is 12.1 Å². The lowest BCUT2D eigenvalue weighted by Gasteiger charge is -2.25. The molecule has 132 valence electrons. The van der Waals surface area contributed by atoms with Crippen LogP contribution in [0.2, 0.25) is 0 Å². The Balaban J connectivity index is 1.99. The van der Waals surface area contributed by atoms with Crippen molar-refractivity contribution in [3.05, 3.63) is 24.3 Å². The van der Waals surface area contributed by atoms with Gasteiger partial charge in [0.15, 0.2) is 0 Å². The number of carbonyl (C=O) groups is 2. The third kappa shape index (κ3) is 4.96. The van der Waals surface area contributed by atoms with Gasteiger partial charge in [0.2, 0.25) is 11.8 Å². The number of hydrogen-bond donors (Lipinski definition) is 1. The van der Waals surface area contributed by atoms with Crippen LogP contribution in [0.1, 0.15) is 33.6 Å². The van der Waals surface area contributed by atoms with Crippen molar-refractivity contribution in [3.63, 3.8) is 0 Å². The van der Waals surface area contributed by atoms with Gasteiger partial charge in [-0.2, -0.15) is 0 Å². The van der Waals surface area contributed by atoms with Gasteiger partial charge in [0.25, 0.3) is 0 Å². The number of carbonyl (C=O) groups excluding carboxylic acids is 2. The van der Waals surface area contributed by atoms with E-state index in [9.17, 15) is 9.59 Å². The molecule has 6 nitrogen and oxygen atoms in total. The van der Waals surface area contributed by atoms with Gasteiger partial charge in [-0.3, -0.25) is 9.59 Å². The first-order valence-corrected chi connectivity index (χ1v) is 8.42. The SMILES string of the molecule is CC(=O)N(CCNC(=O)C1CCCO1)c1ccccc1OC(C)C. The van der Waals surface area contributed by atoms with Crippen molar-refractivity contribution in [1.82, 2.24) is 5.32 Å². The van der Waals surface area contributed by atoms with Crippen molar-refractivity contribution in [3.8, 4) is 5.75 Å². The predicted octanol–water partition coefficient (Wildman–Crippen LogP) is 2.12. The number of para-hydroxylation sites is 2. The Labute approximate surface area is 143 Å². The molecule has 1 aliphatic heterocycles. The van der Waals surface area contributed by atoms with Crippen molar-refractivity contribution in [2.75, 3.05) is 24.6 Å². The zero-order chi connectivity index (χ0) is 17.5. The first-order valence-electron chi connectivity index (χ1n) is 8.42. The van der Waals surface area contributed by atoms with E-state index in [1.54, 1.807) is 4.90 Å². The quantitative estimate of drug-likeness (QED) is 0.829. The van der Waals surface area contributed by atoms with Crippen LogP contribution in [-0.2, 0) is 14.3 Å². The number of ether oxygens (including phenoxy) is 2. The molecule has 1 heterocycles. The lowest BCUT2D eigenvalue weighted by Crippen LogP contribution is -2.41. The Morgan fingerprint density at radius 2 is 2.12 bits per heavy atom. The van der Waals surface area contributed by atoms with Crippen LogP contribution >= 0.6 is 0 Å². The highest BCUT2D eigenvalue weighted by atomic mass is 16.5. The Morgan fingerprint density at radius 3 is 2.75 bits per heavy atom. The van der Waals surface area contributed by atoms with E-state index >= 15 is 0 Å². The fourth-order valence-electron chi connectivity index (χ4n) is 2.67. The van der Waals surface area contributed by atoms with Gasteiger partial charge in [-0.25, -0.2) is 0 Å². The maximum atomic E-state index is 12.0. The van der Waals surface area contributed by atoms with Crippen molar-refractivity contribution in [1.29, 1.82) is 0 Å². The summed E-state index contributed by atoms with van der Waals surface area (Å²) in [6, 6.07) is 7.43. The van der Waals surface area contributed by atoms with Crippen LogP contribution in [0, 0.1) is 0 Å². The average molecular weight is 334 g/mol. The third-order valence-electron chi connectivity index (χ3n) is 3.76. The number of nitrogens with one attached hydrogen (secondary N) is 1. The molecule has 0 radical (unpaired) electrons. The fraction of sp³-hybridized carbons (Fsp3) is 0.556. The Kier molecular flexibility index (Phi) is 6.61. The summed E-state index contributed by atoms with van der Waals surface area (Å²) in [5, 5.41) is 2.84. The molecule has 1 unspecified atom stereocenters. The zero-order valence-corrected chi connectivity index (χ0v) is 14.6. The molecular formula is C18H26N2O4. The molecule has 24 heavy (non-hydrogen) atoms. The van der Waals surface area contributed by atoms with Crippen LogP contribution < -0.4 is 15.0 Å². The third-order valence-corrected chi connectivity index (χ3v) is 3.76. The summed E-state index contributed by atoms with van der Waals surface area (Å²) in [5.74, 6) is 0.456. The van der Waals surface area contributed by atoms with E-state index in [1.807, 2.05) is 38.1 Å². The maximum absolute atomic E-state index is 12.0. The van der Waals surface area contributed by atoms with Gasteiger partial charge in [0.05, 0.1) is 11.8 Å². The largest absolute Gasteiger partial charge is 0.489 e. The second-order valence-corrected chi connectivity index (χ2v) is 6.10. The highest BCUT2D eigenvalue weighted by molar-refractivity contribution is 5.93. The number of benzene rings is 1. The van der Waals surface area contributed by atoms with Crippen LogP contribution in [0.3, 0.4) is 0 Å². The summed E-state index contributed by atoms with van der Waals surface area (Å²) in [5.41, 5.74) is 0.713. The van der Waals surface area contributed by atoms with Crippen LogP contribution in [0.15, 0.2) is 24.3 Å². The molecular weight excluding hydrogens is 308 g/mol. The summed E-state index contributed by atoms with van der Waals surface area (Å²) in [6.45, 7) is 6.78. The number of nitrogens with zero attached hydrogens (tertiary/aromatic N) is 1.